The third kappa shape index (κ3) is 3.20. The van der Waals surface area contributed by atoms with Crippen molar-refractivity contribution in [3.8, 4) is 6.07 Å². The number of benzene rings is 1. The second-order valence-corrected chi connectivity index (χ2v) is 3.96. The molecule has 0 aliphatic carbocycles. The van der Waals surface area contributed by atoms with Gasteiger partial charge in [0.2, 0.25) is 5.91 Å². The van der Waals surface area contributed by atoms with Crippen molar-refractivity contribution in [3.05, 3.63) is 28.0 Å². The summed E-state index contributed by atoms with van der Waals surface area (Å²) in [5.74, 6) is -2.23. The monoisotopic (exact) mass is 324 g/mol. The fourth-order valence-corrected chi connectivity index (χ4v) is 1.82. The van der Waals surface area contributed by atoms with Crippen LogP contribution in [0.5, 0.6) is 0 Å². The van der Waals surface area contributed by atoms with Gasteiger partial charge in [-0.25, -0.2) is 4.39 Å². The number of halogens is 5. The van der Waals surface area contributed by atoms with Gasteiger partial charge in [0.1, 0.15) is 17.8 Å². The Morgan fingerprint density at radius 1 is 1.44 bits per heavy atom. The van der Waals surface area contributed by atoms with Crippen molar-refractivity contribution in [1.82, 2.24) is 0 Å². The summed E-state index contributed by atoms with van der Waals surface area (Å²) < 4.78 is 50.1. The van der Waals surface area contributed by atoms with Crippen LogP contribution in [0.4, 0.5) is 23.2 Å². The lowest BCUT2D eigenvalue weighted by molar-refractivity contribution is -0.140. The van der Waals surface area contributed by atoms with E-state index >= 15 is 0 Å². The number of carbonyl (C=O) groups is 1. The molecule has 0 bridgehead atoms. The Balaban J connectivity index is 3.18. The van der Waals surface area contributed by atoms with Crippen LogP contribution < -0.4 is 5.32 Å². The molecule has 0 aliphatic heterocycles. The molecule has 1 rings (SSSR count). The summed E-state index contributed by atoms with van der Waals surface area (Å²) in [6, 6.07) is 3.11. The van der Waals surface area contributed by atoms with Crippen LogP contribution >= 0.6 is 15.9 Å². The van der Waals surface area contributed by atoms with Gasteiger partial charge in [0.15, 0.2) is 0 Å². The van der Waals surface area contributed by atoms with Gasteiger partial charge in [-0.2, -0.15) is 18.4 Å². The minimum absolute atomic E-state index is 0.246. The maximum atomic E-state index is 13.1. The number of rotatable bonds is 2. The van der Waals surface area contributed by atoms with Crippen molar-refractivity contribution < 1.29 is 22.4 Å². The van der Waals surface area contributed by atoms with Crippen LogP contribution in [-0.4, -0.2) is 5.91 Å². The standard InChI is InChI=1S/C10H5BrF4N2O/c11-9-6(17-7(18)3-4-16)2-1-5(12)8(9)10(13,14)15/h1-2H,3H2,(H,17,18). The largest absolute Gasteiger partial charge is 0.420 e. The highest BCUT2D eigenvalue weighted by Gasteiger charge is 2.37. The third-order valence-electron chi connectivity index (χ3n) is 1.89. The highest BCUT2D eigenvalue weighted by molar-refractivity contribution is 9.10. The van der Waals surface area contributed by atoms with Crippen molar-refractivity contribution >= 4 is 27.5 Å². The number of nitrogens with one attached hydrogen (secondary N) is 1. The van der Waals surface area contributed by atoms with Gasteiger partial charge in [-0.15, -0.1) is 0 Å². The minimum Gasteiger partial charge on any atom is -0.324 e. The van der Waals surface area contributed by atoms with Gasteiger partial charge in [0.25, 0.3) is 0 Å². The lowest BCUT2D eigenvalue weighted by Crippen LogP contribution is -2.14. The number of hydrogen-bond acceptors (Lipinski definition) is 2. The second kappa shape index (κ2) is 5.35. The molecular formula is C10H5BrF4N2O. The van der Waals surface area contributed by atoms with Crippen LogP contribution in [0.3, 0.4) is 0 Å². The molecule has 1 aromatic rings. The van der Waals surface area contributed by atoms with Crippen LogP contribution in [0.25, 0.3) is 0 Å². The normalized spacial score (nSPS) is 10.9. The SMILES string of the molecule is N#CCC(=O)Nc1ccc(F)c(C(F)(F)F)c1Br. The number of hydrogen-bond donors (Lipinski definition) is 1. The molecular weight excluding hydrogens is 320 g/mol. The van der Waals surface area contributed by atoms with E-state index in [-0.39, 0.29) is 5.69 Å². The molecule has 1 aromatic carbocycles. The van der Waals surface area contributed by atoms with Crippen molar-refractivity contribution in [2.45, 2.75) is 12.6 Å². The van der Waals surface area contributed by atoms with Crippen LogP contribution in [-0.2, 0) is 11.0 Å². The second-order valence-electron chi connectivity index (χ2n) is 3.16. The van der Waals surface area contributed by atoms with Gasteiger partial charge >= 0.3 is 6.18 Å². The highest BCUT2D eigenvalue weighted by Crippen LogP contribution is 2.40. The van der Waals surface area contributed by atoms with Crippen molar-refractivity contribution in [2.24, 2.45) is 0 Å². The fourth-order valence-electron chi connectivity index (χ4n) is 1.18. The number of nitrogens with zero attached hydrogens (tertiary/aromatic N) is 1. The topological polar surface area (TPSA) is 52.9 Å². The quantitative estimate of drug-likeness (QED) is 0.847. The van der Waals surface area contributed by atoms with Gasteiger partial charge in [-0.3, -0.25) is 4.79 Å². The molecule has 0 atom stereocenters. The van der Waals surface area contributed by atoms with E-state index in [1.54, 1.807) is 0 Å². The fraction of sp³-hybridized carbons (Fsp3) is 0.200. The van der Waals surface area contributed by atoms with Crippen LogP contribution in [0.1, 0.15) is 12.0 Å². The maximum Gasteiger partial charge on any atom is 0.420 e. The van der Waals surface area contributed by atoms with Crippen molar-refractivity contribution in [3.63, 3.8) is 0 Å². The Morgan fingerprint density at radius 3 is 2.56 bits per heavy atom. The van der Waals surface area contributed by atoms with Crippen molar-refractivity contribution in [1.29, 1.82) is 5.26 Å². The Labute approximate surface area is 108 Å². The Kier molecular flexibility index (Phi) is 4.29. The Morgan fingerprint density at radius 2 is 2.06 bits per heavy atom. The van der Waals surface area contributed by atoms with Gasteiger partial charge in [-0.1, -0.05) is 0 Å². The molecule has 1 amide bonds. The average molecular weight is 325 g/mol. The zero-order valence-electron chi connectivity index (χ0n) is 8.61. The molecule has 0 aromatic heterocycles. The summed E-state index contributed by atoms with van der Waals surface area (Å²) in [5, 5.41) is 10.3. The van der Waals surface area contributed by atoms with E-state index in [1.807, 2.05) is 0 Å². The van der Waals surface area contributed by atoms with E-state index in [1.165, 1.54) is 6.07 Å². The maximum absolute atomic E-state index is 13.1. The summed E-state index contributed by atoms with van der Waals surface area (Å²) in [6.07, 6.45) is -5.40. The van der Waals surface area contributed by atoms with Gasteiger partial charge in [0, 0.05) is 0 Å². The van der Waals surface area contributed by atoms with Gasteiger partial charge in [0.05, 0.1) is 16.2 Å². The van der Waals surface area contributed by atoms with Crippen LogP contribution in [0, 0.1) is 17.1 Å². The third-order valence-corrected chi connectivity index (χ3v) is 2.71. The summed E-state index contributed by atoms with van der Waals surface area (Å²) in [6.45, 7) is 0. The number of carbonyl (C=O) groups excluding carboxylic acids is 1. The van der Waals surface area contributed by atoms with E-state index in [0.29, 0.717) is 6.07 Å². The molecule has 0 heterocycles. The number of alkyl halides is 3. The molecule has 0 saturated carbocycles. The lowest BCUT2D eigenvalue weighted by atomic mass is 10.1. The van der Waals surface area contributed by atoms with Gasteiger partial charge < -0.3 is 5.32 Å². The molecule has 0 spiro atoms. The predicted molar refractivity (Wildman–Crippen MR) is 58.0 cm³/mol. The summed E-state index contributed by atoms with van der Waals surface area (Å²) in [4.78, 5) is 11.1. The number of nitriles is 1. The van der Waals surface area contributed by atoms with Gasteiger partial charge in [-0.05, 0) is 28.1 Å². The Bertz CT molecular complexity index is 522. The molecule has 0 radical (unpaired) electrons. The summed E-state index contributed by atoms with van der Waals surface area (Å²) in [5.41, 5.74) is -1.75. The predicted octanol–water partition coefficient (Wildman–Crippen LogP) is 3.46. The molecule has 8 heteroatoms. The first-order valence-electron chi connectivity index (χ1n) is 4.49. The van der Waals surface area contributed by atoms with Crippen LogP contribution in [0.15, 0.2) is 16.6 Å². The molecule has 3 nitrogen and oxygen atoms in total. The molecule has 1 N–H and O–H groups in total. The zero-order valence-corrected chi connectivity index (χ0v) is 10.2. The number of amides is 1. The summed E-state index contributed by atoms with van der Waals surface area (Å²) in [7, 11) is 0. The molecule has 0 saturated heterocycles. The Hall–Kier alpha value is -1.62. The highest BCUT2D eigenvalue weighted by atomic mass is 79.9. The van der Waals surface area contributed by atoms with Crippen molar-refractivity contribution in [2.75, 3.05) is 5.32 Å². The molecule has 0 unspecified atom stereocenters. The first kappa shape index (κ1) is 14.4. The first-order valence-corrected chi connectivity index (χ1v) is 5.28. The molecule has 0 fully saturated rings. The smallest absolute Gasteiger partial charge is 0.324 e. The molecule has 0 aliphatic rings. The van der Waals surface area contributed by atoms with E-state index in [2.05, 4.69) is 21.2 Å². The summed E-state index contributed by atoms with van der Waals surface area (Å²) >= 11 is 2.59. The first-order chi connectivity index (χ1) is 8.27. The average Bonchev–Trinajstić information content (AvgIpc) is 2.21. The van der Waals surface area contributed by atoms with E-state index in [9.17, 15) is 22.4 Å². The molecule has 18 heavy (non-hydrogen) atoms. The van der Waals surface area contributed by atoms with E-state index in [4.69, 9.17) is 5.26 Å². The zero-order chi connectivity index (χ0) is 13.9. The van der Waals surface area contributed by atoms with E-state index < -0.39 is 34.4 Å². The minimum atomic E-state index is -4.89. The molecule has 96 valence electrons. The van der Waals surface area contributed by atoms with E-state index in [0.717, 1.165) is 6.07 Å². The lowest BCUT2D eigenvalue weighted by Gasteiger charge is -2.13. The van der Waals surface area contributed by atoms with Crippen LogP contribution in [0.2, 0.25) is 0 Å². The number of anilines is 1.